The second-order valence-corrected chi connectivity index (χ2v) is 5.03. The zero-order valence-corrected chi connectivity index (χ0v) is 8.84. The van der Waals surface area contributed by atoms with Crippen molar-refractivity contribution in [2.75, 3.05) is 0 Å². The van der Waals surface area contributed by atoms with Gasteiger partial charge in [0.25, 0.3) is 0 Å². The molecular formula is C12H18O2. The minimum Gasteiger partial charge on any atom is -0.300 e. The molecule has 0 amide bonds. The highest BCUT2D eigenvalue weighted by Gasteiger charge is 2.45. The Morgan fingerprint density at radius 2 is 2.00 bits per heavy atom. The highest BCUT2D eigenvalue weighted by molar-refractivity contribution is 5.88. The summed E-state index contributed by atoms with van der Waals surface area (Å²) < 4.78 is 0. The summed E-state index contributed by atoms with van der Waals surface area (Å²) in [7, 11) is 0. The molecular weight excluding hydrogens is 176 g/mol. The molecule has 0 spiro atoms. The van der Waals surface area contributed by atoms with Crippen molar-refractivity contribution in [1.82, 2.24) is 0 Å². The van der Waals surface area contributed by atoms with Crippen LogP contribution >= 0.6 is 0 Å². The second-order valence-electron chi connectivity index (χ2n) is 5.03. The molecule has 2 atom stereocenters. The molecule has 0 heterocycles. The molecule has 2 heteroatoms. The van der Waals surface area contributed by atoms with Crippen LogP contribution in [0.5, 0.6) is 0 Å². The van der Waals surface area contributed by atoms with Gasteiger partial charge in [-0.3, -0.25) is 9.59 Å². The van der Waals surface area contributed by atoms with Crippen LogP contribution in [0.1, 0.15) is 51.9 Å². The van der Waals surface area contributed by atoms with E-state index < -0.39 is 0 Å². The van der Waals surface area contributed by atoms with Gasteiger partial charge in [0.05, 0.1) is 0 Å². The van der Waals surface area contributed by atoms with Crippen molar-refractivity contribution in [2.45, 2.75) is 51.9 Å². The largest absolute Gasteiger partial charge is 0.300 e. The van der Waals surface area contributed by atoms with Gasteiger partial charge >= 0.3 is 0 Å². The van der Waals surface area contributed by atoms with Crippen molar-refractivity contribution in [3.05, 3.63) is 0 Å². The lowest BCUT2D eigenvalue weighted by atomic mass is 9.68. The summed E-state index contributed by atoms with van der Waals surface area (Å²) in [6.07, 6.45) is 6.23. The second kappa shape index (κ2) is 3.48. The standard InChI is InChI=1S/C12H18O2/c1-12(7-3-6-11(12)14)9-4-2-5-10(13)8-9/h9H,2-8H2,1H3. The molecule has 2 rings (SSSR count). The molecule has 0 saturated heterocycles. The lowest BCUT2D eigenvalue weighted by molar-refractivity contribution is -0.131. The van der Waals surface area contributed by atoms with Gasteiger partial charge in [-0.05, 0) is 31.6 Å². The Bertz CT molecular complexity index is 269. The van der Waals surface area contributed by atoms with Gasteiger partial charge in [0.15, 0.2) is 0 Å². The number of Topliss-reactive ketones (excluding diaryl/α,β-unsaturated/α-hetero) is 2. The monoisotopic (exact) mass is 194 g/mol. The van der Waals surface area contributed by atoms with E-state index in [9.17, 15) is 9.59 Å². The third kappa shape index (κ3) is 1.51. The fraction of sp³-hybridized carbons (Fsp3) is 0.833. The SMILES string of the molecule is CC1(C2CCCC(=O)C2)CCCC1=O. The van der Waals surface area contributed by atoms with E-state index in [0.717, 1.165) is 38.5 Å². The van der Waals surface area contributed by atoms with Gasteiger partial charge in [0.1, 0.15) is 11.6 Å². The van der Waals surface area contributed by atoms with Gasteiger partial charge in [-0.15, -0.1) is 0 Å². The first-order valence-electron chi connectivity index (χ1n) is 5.68. The highest BCUT2D eigenvalue weighted by atomic mass is 16.1. The Labute approximate surface area is 85.1 Å². The third-order valence-corrected chi connectivity index (χ3v) is 4.12. The average molecular weight is 194 g/mol. The maximum atomic E-state index is 11.8. The van der Waals surface area contributed by atoms with E-state index in [1.807, 2.05) is 0 Å². The molecule has 78 valence electrons. The van der Waals surface area contributed by atoms with Crippen LogP contribution in [-0.4, -0.2) is 11.6 Å². The van der Waals surface area contributed by atoms with Crippen LogP contribution in [0.4, 0.5) is 0 Å². The molecule has 0 aromatic carbocycles. The smallest absolute Gasteiger partial charge is 0.139 e. The summed E-state index contributed by atoms with van der Waals surface area (Å²) in [6, 6.07) is 0. The predicted molar refractivity (Wildman–Crippen MR) is 53.9 cm³/mol. The molecule has 0 aromatic heterocycles. The predicted octanol–water partition coefficient (Wildman–Crippen LogP) is 2.51. The molecule has 2 saturated carbocycles. The van der Waals surface area contributed by atoms with E-state index in [1.54, 1.807) is 0 Å². The first-order chi connectivity index (χ1) is 6.63. The van der Waals surface area contributed by atoms with Crippen molar-refractivity contribution in [2.24, 2.45) is 11.3 Å². The molecule has 0 N–H and O–H groups in total. The maximum absolute atomic E-state index is 11.8. The zero-order valence-electron chi connectivity index (χ0n) is 8.84. The van der Waals surface area contributed by atoms with Gasteiger partial charge < -0.3 is 0 Å². The van der Waals surface area contributed by atoms with E-state index in [4.69, 9.17) is 0 Å². The van der Waals surface area contributed by atoms with Crippen LogP contribution in [0.3, 0.4) is 0 Å². The quantitative estimate of drug-likeness (QED) is 0.642. The molecule has 2 unspecified atom stereocenters. The molecule has 2 aliphatic carbocycles. The van der Waals surface area contributed by atoms with Crippen LogP contribution in [0.2, 0.25) is 0 Å². The first-order valence-corrected chi connectivity index (χ1v) is 5.68. The first kappa shape index (κ1) is 9.88. The summed E-state index contributed by atoms with van der Waals surface area (Å²) in [5.41, 5.74) is -0.157. The summed E-state index contributed by atoms with van der Waals surface area (Å²) >= 11 is 0. The van der Waals surface area contributed by atoms with Gasteiger partial charge in [-0.25, -0.2) is 0 Å². The summed E-state index contributed by atoms with van der Waals surface area (Å²) in [5, 5.41) is 0. The number of carbonyl (C=O) groups is 2. The normalized spacial score (nSPS) is 39.1. The summed E-state index contributed by atoms with van der Waals surface area (Å²) in [5.74, 6) is 1.11. The van der Waals surface area contributed by atoms with E-state index >= 15 is 0 Å². The topological polar surface area (TPSA) is 34.1 Å². The van der Waals surface area contributed by atoms with Crippen LogP contribution in [0.25, 0.3) is 0 Å². The van der Waals surface area contributed by atoms with E-state index in [-0.39, 0.29) is 5.41 Å². The Balaban J connectivity index is 2.12. The minimum absolute atomic E-state index is 0.157. The molecule has 0 aliphatic heterocycles. The van der Waals surface area contributed by atoms with Gasteiger partial charge in [0.2, 0.25) is 0 Å². The fourth-order valence-electron chi connectivity index (χ4n) is 3.04. The van der Waals surface area contributed by atoms with E-state index in [0.29, 0.717) is 23.9 Å². The molecule has 14 heavy (non-hydrogen) atoms. The minimum atomic E-state index is -0.157. The average Bonchev–Trinajstić information content (AvgIpc) is 2.49. The van der Waals surface area contributed by atoms with Crippen LogP contribution < -0.4 is 0 Å². The van der Waals surface area contributed by atoms with Gasteiger partial charge in [-0.1, -0.05) is 6.92 Å². The zero-order chi connectivity index (χ0) is 10.2. The van der Waals surface area contributed by atoms with Crippen molar-refractivity contribution in [1.29, 1.82) is 0 Å². The van der Waals surface area contributed by atoms with Crippen molar-refractivity contribution in [3.8, 4) is 0 Å². The van der Waals surface area contributed by atoms with Crippen molar-refractivity contribution in [3.63, 3.8) is 0 Å². The number of ketones is 2. The lowest BCUT2D eigenvalue weighted by Gasteiger charge is -2.34. The number of rotatable bonds is 1. The Kier molecular flexibility index (Phi) is 2.46. The van der Waals surface area contributed by atoms with E-state index in [1.165, 1.54) is 0 Å². The highest BCUT2D eigenvalue weighted by Crippen LogP contribution is 2.46. The summed E-state index contributed by atoms with van der Waals surface area (Å²) in [4.78, 5) is 23.2. The molecule has 0 radical (unpaired) electrons. The molecule has 0 bridgehead atoms. The third-order valence-electron chi connectivity index (χ3n) is 4.12. The van der Waals surface area contributed by atoms with E-state index in [2.05, 4.69) is 6.92 Å². The Hall–Kier alpha value is -0.660. The summed E-state index contributed by atoms with van der Waals surface area (Å²) in [6.45, 7) is 2.08. The number of hydrogen-bond donors (Lipinski definition) is 0. The van der Waals surface area contributed by atoms with Gasteiger partial charge in [0, 0.05) is 24.7 Å². The Morgan fingerprint density at radius 3 is 2.57 bits per heavy atom. The van der Waals surface area contributed by atoms with Crippen molar-refractivity contribution >= 4 is 11.6 Å². The van der Waals surface area contributed by atoms with Crippen molar-refractivity contribution < 1.29 is 9.59 Å². The lowest BCUT2D eigenvalue weighted by Crippen LogP contribution is -2.35. The molecule has 2 aliphatic rings. The van der Waals surface area contributed by atoms with Gasteiger partial charge in [-0.2, -0.15) is 0 Å². The number of hydrogen-bond acceptors (Lipinski definition) is 2. The van der Waals surface area contributed by atoms with Crippen LogP contribution in [-0.2, 0) is 9.59 Å². The van der Waals surface area contributed by atoms with Crippen LogP contribution in [0, 0.1) is 11.3 Å². The maximum Gasteiger partial charge on any atom is 0.139 e. The molecule has 0 aromatic rings. The van der Waals surface area contributed by atoms with Crippen LogP contribution in [0.15, 0.2) is 0 Å². The number of carbonyl (C=O) groups excluding carboxylic acids is 2. The fourth-order valence-corrected chi connectivity index (χ4v) is 3.04. The molecule has 2 nitrogen and oxygen atoms in total. The molecule has 2 fully saturated rings. The Morgan fingerprint density at radius 1 is 1.21 bits per heavy atom.